The van der Waals surface area contributed by atoms with Crippen molar-refractivity contribution >= 4 is 82.5 Å². The van der Waals surface area contributed by atoms with Crippen molar-refractivity contribution in [1.29, 1.82) is 0 Å². The van der Waals surface area contributed by atoms with Gasteiger partial charge in [0.15, 0.2) is 0 Å². The second-order valence-electron chi connectivity index (χ2n) is 17.7. The van der Waals surface area contributed by atoms with Crippen LogP contribution in [0.25, 0.3) is 93.7 Å². The molecule has 5 aromatic heterocycles. The van der Waals surface area contributed by atoms with Gasteiger partial charge in [-0.15, -0.1) is 41.4 Å². The maximum atomic E-state index is 6.59. The molecule has 0 saturated carbocycles. The van der Waals surface area contributed by atoms with Gasteiger partial charge in [-0.25, -0.2) is 4.98 Å². The zero-order valence-electron chi connectivity index (χ0n) is 38.0. The van der Waals surface area contributed by atoms with Gasteiger partial charge in [0.2, 0.25) is 0 Å². The fourth-order valence-corrected chi connectivity index (χ4v) is 10.7. The number of rotatable bonds is 7. The van der Waals surface area contributed by atoms with Crippen molar-refractivity contribution in [3.8, 4) is 39.8 Å². The van der Waals surface area contributed by atoms with E-state index in [9.17, 15) is 0 Å². The van der Waals surface area contributed by atoms with E-state index in [2.05, 4.69) is 219 Å². The number of benzene rings is 8. The summed E-state index contributed by atoms with van der Waals surface area (Å²) in [5.41, 5.74) is 14.8. The largest absolute Gasteiger partial charge is 0.509 e. The van der Waals surface area contributed by atoms with Crippen LogP contribution in [0.5, 0.6) is 11.5 Å². The first-order chi connectivity index (χ1) is 34.1. The fourth-order valence-electron chi connectivity index (χ4n) is 10.7. The molecule has 0 bridgehead atoms. The number of aryl methyl sites for hydroxylation is 1. The Kier molecular flexibility index (Phi) is 9.75. The van der Waals surface area contributed by atoms with E-state index in [0.29, 0.717) is 11.5 Å². The number of hydrogen-bond donors (Lipinski definition) is 0. The summed E-state index contributed by atoms with van der Waals surface area (Å²) < 4.78 is 13.6. The Labute approximate surface area is 418 Å². The molecule has 1 aliphatic rings. The van der Waals surface area contributed by atoms with Gasteiger partial charge in [0.05, 0.1) is 33.4 Å². The Morgan fingerprint density at radius 2 is 1.03 bits per heavy atom. The molecule has 0 atom stereocenters. The van der Waals surface area contributed by atoms with Crippen LogP contribution in [0, 0.1) is 25.7 Å². The number of nitrogens with zero attached hydrogens (tertiary/aromatic N) is 7. The quantitative estimate of drug-likeness (QED) is 0.149. The van der Waals surface area contributed by atoms with Crippen LogP contribution in [0.4, 0.5) is 17.1 Å². The van der Waals surface area contributed by atoms with E-state index in [0.717, 1.165) is 94.8 Å². The van der Waals surface area contributed by atoms with Crippen molar-refractivity contribution in [1.82, 2.24) is 23.7 Å². The first kappa shape index (κ1) is 41.7. The SMILES string of the molecule is Cc1cc(-n2c3[c-]c(Oc4[c-]c(N5[CH-]N(C)c6ccccc65)ccc4)ccc3c3cnccc32)ncc1-c1c(-n2c3ccccc3c3ccccc32)cccc1-n1c2ccccc2c2ccccc21.[Pt]. The van der Waals surface area contributed by atoms with Crippen molar-refractivity contribution in [3.05, 3.63) is 225 Å². The van der Waals surface area contributed by atoms with Crippen LogP contribution >= 0.6 is 0 Å². The number of pyridine rings is 2. The molecule has 0 N–H and O–H groups in total. The van der Waals surface area contributed by atoms with Crippen LogP contribution in [0.3, 0.4) is 0 Å². The second-order valence-corrected chi connectivity index (χ2v) is 17.7. The number of hydrogen-bond acceptors (Lipinski definition) is 5. The van der Waals surface area contributed by atoms with E-state index in [-0.39, 0.29) is 21.1 Å². The molecule has 0 aliphatic carbocycles. The molecule has 8 nitrogen and oxygen atoms in total. The molecule has 338 valence electrons. The van der Waals surface area contributed by atoms with Gasteiger partial charge in [-0.1, -0.05) is 96.5 Å². The molecular weight excluding hydrogens is 1040 g/mol. The Bertz CT molecular complexity index is 3980. The van der Waals surface area contributed by atoms with E-state index in [4.69, 9.17) is 9.72 Å². The summed E-state index contributed by atoms with van der Waals surface area (Å²) in [6.07, 6.45) is 5.81. The average Bonchev–Trinajstić information content (AvgIpc) is 4.12. The summed E-state index contributed by atoms with van der Waals surface area (Å²) in [4.78, 5) is 14.2. The summed E-state index contributed by atoms with van der Waals surface area (Å²) in [6, 6.07) is 71.3. The number of para-hydroxylation sites is 6. The Hall–Kier alpha value is -8.45. The van der Waals surface area contributed by atoms with Gasteiger partial charge in [0, 0.05) is 101 Å². The number of ether oxygens (including phenoxy) is 1. The third-order valence-corrected chi connectivity index (χ3v) is 13.8. The molecule has 9 heteroatoms. The average molecular weight is 1080 g/mol. The number of aromatic nitrogens is 5. The maximum absolute atomic E-state index is 6.59. The van der Waals surface area contributed by atoms with Gasteiger partial charge in [-0.05, 0) is 85.6 Å². The van der Waals surface area contributed by atoms with Crippen LogP contribution in [0.1, 0.15) is 5.56 Å². The molecule has 0 amide bonds. The number of fused-ring (bicyclic) bond motifs is 10. The number of anilines is 3. The van der Waals surface area contributed by atoms with E-state index in [1.54, 1.807) is 0 Å². The molecule has 6 heterocycles. The van der Waals surface area contributed by atoms with Crippen LogP contribution in [0.2, 0.25) is 0 Å². The zero-order valence-corrected chi connectivity index (χ0v) is 40.3. The van der Waals surface area contributed by atoms with E-state index in [1.165, 1.54) is 21.5 Å². The van der Waals surface area contributed by atoms with Crippen molar-refractivity contribution in [2.45, 2.75) is 6.92 Å². The van der Waals surface area contributed by atoms with Crippen molar-refractivity contribution < 1.29 is 25.8 Å². The summed E-state index contributed by atoms with van der Waals surface area (Å²) in [5.74, 6) is 1.93. The Morgan fingerprint density at radius 3 is 1.66 bits per heavy atom. The van der Waals surface area contributed by atoms with Crippen LogP contribution in [-0.2, 0) is 21.1 Å². The van der Waals surface area contributed by atoms with E-state index >= 15 is 0 Å². The fraction of sp³-hybridized carbons (Fsp3) is 0.0328. The normalized spacial score (nSPS) is 12.5. The van der Waals surface area contributed by atoms with Gasteiger partial charge >= 0.3 is 0 Å². The minimum absolute atomic E-state index is 0. The monoisotopic (exact) mass is 1080 g/mol. The molecule has 0 saturated heterocycles. The minimum Gasteiger partial charge on any atom is -0.509 e. The third kappa shape index (κ3) is 6.33. The first-order valence-electron chi connectivity index (χ1n) is 23.1. The minimum atomic E-state index is 0. The summed E-state index contributed by atoms with van der Waals surface area (Å²) in [6.45, 7) is 4.27. The summed E-state index contributed by atoms with van der Waals surface area (Å²) in [7, 11) is 2.05. The molecule has 0 fully saturated rings. The van der Waals surface area contributed by atoms with Gasteiger partial charge in [-0.2, -0.15) is 18.8 Å². The van der Waals surface area contributed by atoms with E-state index < -0.39 is 0 Å². The van der Waals surface area contributed by atoms with E-state index in [1.807, 2.05) is 42.7 Å². The molecule has 0 radical (unpaired) electrons. The molecule has 70 heavy (non-hydrogen) atoms. The summed E-state index contributed by atoms with van der Waals surface area (Å²) in [5, 5.41) is 6.85. The molecular formula is C61H40N7OPt-3. The predicted molar refractivity (Wildman–Crippen MR) is 281 cm³/mol. The van der Waals surface area contributed by atoms with Gasteiger partial charge < -0.3 is 28.2 Å². The molecule has 0 spiro atoms. The topological polar surface area (TPSA) is 56.3 Å². The smallest absolute Gasteiger partial charge is 0.135 e. The van der Waals surface area contributed by atoms with Crippen molar-refractivity contribution in [3.63, 3.8) is 0 Å². The van der Waals surface area contributed by atoms with Gasteiger partial charge in [0.25, 0.3) is 0 Å². The summed E-state index contributed by atoms with van der Waals surface area (Å²) >= 11 is 0. The molecule has 8 aromatic carbocycles. The van der Waals surface area contributed by atoms with Gasteiger partial charge in [-0.3, -0.25) is 4.98 Å². The van der Waals surface area contributed by atoms with Crippen molar-refractivity contribution in [2.75, 3.05) is 16.8 Å². The second kappa shape index (κ2) is 16.4. The Morgan fingerprint density at radius 1 is 0.486 bits per heavy atom. The maximum Gasteiger partial charge on any atom is 0.135 e. The van der Waals surface area contributed by atoms with Crippen LogP contribution < -0.4 is 14.5 Å². The zero-order chi connectivity index (χ0) is 45.7. The van der Waals surface area contributed by atoms with Crippen LogP contribution in [-0.4, -0.2) is 30.7 Å². The third-order valence-electron chi connectivity index (χ3n) is 13.8. The molecule has 0 unspecified atom stereocenters. The van der Waals surface area contributed by atoms with Crippen molar-refractivity contribution in [2.24, 2.45) is 0 Å². The van der Waals surface area contributed by atoms with Crippen LogP contribution in [0.15, 0.2) is 201 Å². The molecule has 1 aliphatic heterocycles. The first-order valence-corrected chi connectivity index (χ1v) is 23.1. The predicted octanol–water partition coefficient (Wildman–Crippen LogP) is 14.8. The van der Waals surface area contributed by atoms with Gasteiger partial charge in [0.1, 0.15) is 5.82 Å². The molecule has 14 rings (SSSR count). The standard InChI is InChI=1S/C61H40N7O.Pt/c1-39-33-60(68-54-31-32-62-36-49(54)47-30-29-42(35-59(47)68)69-41-16-13-15-40(34-41)65-38-64(2)55-25-11-12-26-56(55)65)63-37-48(39)61-57(66-50-21-7-3-17-43(50)44-18-4-8-22-51(44)66)27-14-28-58(61)67-52-23-9-5-19-45(52)46-20-6-10-24-53(46)67;/h3-33,36-38H,1-2H3;/q-3;. The Balaban J connectivity index is 0.00000480. The molecule has 13 aromatic rings.